The van der Waals surface area contributed by atoms with Crippen molar-refractivity contribution in [2.75, 3.05) is 18.9 Å². The summed E-state index contributed by atoms with van der Waals surface area (Å²) in [6.07, 6.45) is 7.68. The van der Waals surface area contributed by atoms with E-state index in [-0.39, 0.29) is 5.91 Å². The second-order valence-electron chi connectivity index (χ2n) is 6.53. The van der Waals surface area contributed by atoms with Gasteiger partial charge in [0, 0.05) is 30.9 Å². The number of carbonyl (C=O) groups is 1. The lowest BCUT2D eigenvalue weighted by molar-refractivity contribution is 0.0688. The zero-order chi connectivity index (χ0) is 14.8. The Morgan fingerprint density at radius 2 is 1.95 bits per heavy atom. The second-order valence-corrected chi connectivity index (χ2v) is 6.53. The summed E-state index contributed by atoms with van der Waals surface area (Å²) in [4.78, 5) is 15.1. The number of hydrogen-bond donors (Lipinski definition) is 1. The van der Waals surface area contributed by atoms with Gasteiger partial charge in [-0.15, -0.1) is 0 Å². The highest BCUT2D eigenvalue weighted by atomic mass is 16.2. The highest BCUT2D eigenvalue weighted by Crippen LogP contribution is 2.36. The number of aryl methyl sites for hydroxylation is 1. The second kappa shape index (κ2) is 6.08. The van der Waals surface area contributed by atoms with Crippen LogP contribution in [-0.4, -0.2) is 30.4 Å². The molecular weight excluding hydrogens is 260 g/mol. The van der Waals surface area contributed by atoms with E-state index in [0.717, 1.165) is 29.3 Å². The predicted octanol–water partition coefficient (Wildman–Crippen LogP) is 3.83. The van der Waals surface area contributed by atoms with Gasteiger partial charge in [0.05, 0.1) is 0 Å². The van der Waals surface area contributed by atoms with Gasteiger partial charge >= 0.3 is 0 Å². The summed E-state index contributed by atoms with van der Waals surface area (Å²) in [5, 5.41) is 3.13. The third kappa shape index (κ3) is 2.78. The monoisotopic (exact) mass is 286 g/mol. The van der Waals surface area contributed by atoms with E-state index in [1.165, 1.54) is 38.5 Å². The van der Waals surface area contributed by atoms with Gasteiger partial charge < -0.3 is 10.2 Å². The quantitative estimate of drug-likeness (QED) is 0.916. The zero-order valence-corrected chi connectivity index (χ0v) is 13.2. The van der Waals surface area contributed by atoms with Crippen molar-refractivity contribution in [1.29, 1.82) is 0 Å². The molecular formula is C18H26N2O. The Kier molecular flexibility index (Phi) is 4.18. The molecule has 1 atom stereocenters. The van der Waals surface area contributed by atoms with Crippen LogP contribution in [0.4, 0.5) is 5.69 Å². The fourth-order valence-electron chi connectivity index (χ4n) is 4.09. The summed E-state index contributed by atoms with van der Waals surface area (Å²) < 4.78 is 0. The maximum atomic E-state index is 12.9. The summed E-state index contributed by atoms with van der Waals surface area (Å²) in [5.41, 5.74) is 3.01. The third-order valence-electron chi connectivity index (χ3n) is 5.25. The third-order valence-corrected chi connectivity index (χ3v) is 5.25. The molecule has 0 bridgehead atoms. The minimum Gasteiger partial charge on any atom is -0.388 e. The van der Waals surface area contributed by atoms with Crippen molar-refractivity contribution in [3.63, 3.8) is 0 Å². The van der Waals surface area contributed by atoms with Crippen LogP contribution in [0.5, 0.6) is 0 Å². The standard InChI is InChI=1S/C18H26N2O/c1-13-12-15(19-2)9-10-16(13)18(21)20-11-5-8-17(20)14-6-3-4-7-14/h9-10,12,14,17,19H,3-8,11H2,1-2H3. The molecule has 1 aliphatic heterocycles. The van der Waals surface area contributed by atoms with Crippen LogP contribution in [0.2, 0.25) is 0 Å². The van der Waals surface area contributed by atoms with Crippen LogP contribution in [0.15, 0.2) is 18.2 Å². The van der Waals surface area contributed by atoms with E-state index in [9.17, 15) is 4.79 Å². The summed E-state index contributed by atoms with van der Waals surface area (Å²) >= 11 is 0. The van der Waals surface area contributed by atoms with Gasteiger partial charge in [-0.05, 0) is 62.3 Å². The maximum Gasteiger partial charge on any atom is 0.254 e. The number of anilines is 1. The SMILES string of the molecule is CNc1ccc(C(=O)N2CCCC2C2CCCC2)c(C)c1. The lowest BCUT2D eigenvalue weighted by Gasteiger charge is -2.30. The van der Waals surface area contributed by atoms with E-state index < -0.39 is 0 Å². The Bertz CT molecular complexity index is 520. The number of benzene rings is 1. The Morgan fingerprint density at radius 3 is 2.62 bits per heavy atom. The molecule has 1 unspecified atom stereocenters. The molecule has 1 heterocycles. The van der Waals surface area contributed by atoms with Crippen LogP contribution in [0.25, 0.3) is 0 Å². The molecule has 0 aromatic heterocycles. The zero-order valence-electron chi connectivity index (χ0n) is 13.2. The van der Waals surface area contributed by atoms with Crippen LogP contribution < -0.4 is 5.32 Å². The van der Waals surface area contributed by atoms with E-state index in [4.69, 9.17) is 0 Å². The Hall–Kier alpha value is -1.51. The Balaban J connectivity index is 1.80. The van der Waals surface area contributed by atoms with Crippen molar-refractivity contribution >= 4 is 11.6 Å². The van der Waals surface area contributed by atoms with Crippen molar-refractivity contribution in [2.24, 2.45) is 5.92 Å². The van der Waals surface area contributed by atoms with Crippen LogP contribution in [0.3, 0.4) is 0 Å². The van der Waals surface area contributed by atoms with Crippen LogP contribution in [0, 0.1) is 12.8 Å². The van der Waals surface area contributed by atoms with Crippen LogP contribution >= 0.6 is 0 Å². The first kappa shape index (κ1) is 14.4. The molecule has 114 valence electrons. The van der Waals surface area contributed by atoms with Crippen LogP contribution in [0.1, 0.15) is 54.4 Å². The van der Waals surface area contributed by atoms with E-state index in [0.29, 0.717) is 6.04 Å². The highest BCUT2D eigenvalue weighted by molar-refractivity contribution is 5.96. The average molecular weight is 286 g/mol. The number of amides is 1. The Morgan fingerprint density at radius 1 is 1.19 bits per heavy atom. The summed E-state index contributed by atoms with van der Waals surface area (Å²) in [5.74, 6) is 0.984. The first-order valence-electron chi connectivity index (χ1n) is 8.30. The van der Waals surface area contributed by atoms with Crippen molar-refractivity contribution in [3.8, 4) is 0 Å². The van der Waals surface area contributed by atoms with Gasteiger partial charge in [0.15, 0.2) is 0 Å². The van der Waals surface area contributed by atoms with Gasteiger partial charge in [-0.25, -0.2) is 0 Å². The van der Waals surface area contributed by atoms with Gasteiger partial charge in [-0.3, -0.25) is 4.79 Å². The number of nitrogens with one attached hydrogen (secondary N) is 1. The van der Waals surface area contributed by atoms with Gasteiger partial charge in [0.1, 0.15) is 0 Å². The molecule has 1 amide bonds. The fourth-order valence-corrected chi connectivity index (χ4v) is 4.09. The molecule has 1 N–H and O–H groups in total. The van der Waals surface area contributed by atoms with Gasteiger partial charge in [-0.2, -0.15) is 0 Å². The lowest BCUT2D eigenvalue weighted by Crippen LogP contribution is -2.39. The number of nitrogens with zero attached hydrogens (tertiary/aromatic N) is 1. The lowest BCUT2D eigenvalue weighted by atomic mass is 9.95. The van der Waals surface area contributed by atoms with E-state index >= 15 is 0 Å². The number of rotatable bonds is 3. The Labute approximate surface area is 127 Å². The van der Waals surface area contributed by atoms with Gasteiger partial charge in [0.25, 0.3) is 5.91 Å². The van der Waals surface area contributed by atoms with E-state index in [2.05, 4.69) is 16.3 Å². The molecule has 2 aliphatic rings. The fraction of sp³-hybridized carbons (Fsp3) is 0.611. The summed E-state index contributed by atoms with van der Waals surface area (Å²) in [6, 6.07) is 6.53. The molecule has 3 heteroatoms. The molecule has 3 nitrogen and oxygen atoms in total. The van der Waals surface area contributed by atoms with Gasteiger partial charge in [-0.1, -0.05) is 12.8 Å². The normalized spacial score (nSPS) is 22.8. The van der Waals surface area contributed by atoms with Crippen molar-refractivity contribution in [1.82, 2.24) is 4.90 Å². The maximum absolute atomic E-state index is 12.9. The summed E-state index contributed by atoms with van der Waals surface area (Å²) in [6.45, 7) is 2.97. The van der Waals surface area contributed by atoms with E-state index in [1.807, 2.05) is 26.1 Å². The topological polar surface area (TPSA) is 32.3 Å². The number of hydrogen-bond acceptors (Lipinski definition) is 2. The molecule has 0 radical (unpaired) electrons. The van der Waals surface area contributed by atoms with Crippen molar-refractivity contribution in [3.05, 3.63) is 29.3 Å². The minimum atomic E-state index is 0.240. The number of carbonyl (C=O) groups excluding carboxylic acids is 1. The first-order valence-corrected chi connectivity index (χ1v) is 8.30. The minimum absolute atomic E-state index is 0.240. The highest BCUT2D eigenvalue weighted by Gasteiger charge is 2.36. The van der Waals surface area contributed by atoms with Crippen LogP contribution in [-0.2, 0) is 0 Å². The van der Waals surface area contributed by atoms with E-state index in [1.54, 1.807) is 0 Å². The molecule has 1 aliphatic carbocycles. The van der Waals surface area contributed by atoms with Crippen molar-refractivity contribution in [2.45, 2.75) is 51.5 Å². The summed E-state index contributed by atoms with van der Waals surface area (Å²) in [7, 11) is 1.91. The average Bonchev–Trinajstić information content (AvgIpc) is 3.16. The molecule has 1 saturated heterocycles. The predicted molar refractivity (Wildman–Crippen MR) is 86.7 cm³/mol. The number of likely N-dealkylation sites (tertiary alicyclic amines) is 1. The van der Waals surface area contributed by atoms with Gasteiger partial charge in [0.2, 0.25) is 0 Å². The van der Waals surface area contributed by atoms with Crippen molar-refractivity contribution < 1.29 is 4.79 Å². The molecule has 0 spiro atoms. The smallest absolute Gasteiger partial charge is 0.254 e. The molecule has 2 fully saturated rings. The first-order chi connectivity index (χ1) is 10.2. The molecule has 3 rings (SSSR count). The molecule has 21 heavy (non-hydrogen) atoms. The largest absolute Gasteiger partial charge is 0.388 e. The molecule has 1 aromatic rings. The molecule has 1 saturated carbocycles. The molecule has 1 aromatic carbocycles.